The van der Waals surface area contributed by atoms with Gasteiger partial charge >= 0.3 is 5.97 Å². The van der Waals surface area contributed by atoms with E-state index in [0.29, 0.717) is 22.4 Å². The van der Waals surface area contributed by atoms with Crippen LogP contribution >= 0.6 is 11.8 Å². The number of thioether (sulfide) groups is 1. The van der Waals surface area contributed by atoms with E-state index in [1.165, 1.54) is 31.0 Å². The van der Waals surface area contributed by atoms with Crippen LogP contribution in [0.4, 0.5) is 5.69 Å². The first kappa shape index (κ1) is 18.2. The van der Waals surface area contributed by atoms with Crippen LogP contribution in [0.1, 0.15) is 10.4 Å². The van der Waals surface area contributed by atoms with Crippen molar-refractivity contribution in [3.63, 3.8) is 0 Å². The standard InChI is InChI=1S/C17H15N3O4S/c1-23-14-5-3-4-6-15(14)24-11-7-8-13(12(9-11)16(21)22)20-17(25-2)19-10-18/h3-9H,1-2H3,(H,19,20)(H,21,22). The first-order valence-electron chi connectivity index (χ1n) is 7.05. The summed E-state index contributed by atoms with van der Waals surface area (Å²) in [5, 5.41) is 20.8. The highest BCUT2D eigenvalue weighted by atomic mass is 32.2. The van der Waals surface area contributed by atoms with Gasteiger partial charge in [0.25, 0.3) is 0 Å². The van der Waals surface area contributed by atoms with Crippen LogP contribution in [-0.4, -0.2) is 29.6 Å². The Balaban J connectivity index is 2.39. The van der Waals surface area contributed by atoms with E-state index in [9.17, 15) is 9.90 Å². The monoisotopic (exact) mass is 357 g/mol. The molecule has 2 aromatic rings. The molecule has 0 saturated carbocycles. The van der Waals surface area contributed by atoms with Crippen LogP contribution in [0.3, 0.4) is 0 Å². The first-order chi connectivity index (χ1) is 12.1. The number of para-hydroxylation sites is 2. The minimum Gasteiger partial charge on any atom is -0.493 e. The van der Waals surface area contributed by atoms with E-state index in [0.717, 1.165) is 0 Å². The molecule has 0 aromatic heterocycles. The summed E-state index contributed by atoms with van der Waals surface area (Å²) >= 11 is 1.20. The highest BCUT2D eigenvalue weighted by Gasteiger charge is 2.14. The molecular formula is C17H15N3O4S. The van der Waals surface area contributed by atoms with Gasteiger partial charge in [0.05, 0.1) is 18.4 Å². The predicted octanol–water partition coefficient (Wildman–Crippen LogP) is 3.61. The van der Waals surface area contributed by atoms with Crippen molar-refractivity contribution >= 4 is 28.6 Å². The summed E-state index contributed by atoms with van der Waals surface area (Å²) in [5.41, 5.74) is 0.172. The zero-order valence-electron chi connectivity index (χ0n) is 13.5. The van der Waals surface area contributed by atoms with Crippen molar-refractivity contribution in [2.75, 3.05) is 13.4 Å². The molecule has 0 aliphatic carbocycles. The van der Waals surface area contributed by atoms with Crippen molar-refractivity contribution in [2.24, 2.45) is 4.99 Å². The third-order valence-corrected chi connectivity index (χ3v) is 3.65. The molecule has 128 valence electrons. The van der Waals surface area contributed by atoms with Gasteiger partial charge in [-0.05, 0) is 36.6 Å². The number of carbonyl (C=O) groups is 1. The second-order valence-corrected chi connectivity index (χ2v) is 5.39. The summed E-state index contributed by atoms with van der Waals surface area (Å²) in [6, 6.07) is 11.5. The Hall–Kier alpha value is -3.18. The second kappa shape index (κ2) is 8.61. The molecule has 0 spiro atoms. The van der Waals surface area contributed by atoms with Gasteiger partial charge in [0.2, 0.25) is 0 Å². The number of aromatic carboxylic acids is 1. The molecule has 0 radical (unpaired) electrons. The van der Waals surface area contributed by atoms with E-state index in [4.69, 9.17) is 14.7 Å². The van der Waals surface area contributed by atoms with Gasteiger partial charge in [0, 0.05) is 0 Å². The minimum absolute atomic E-state index is 0.0429. The molecule has 0 bridgehead atoms. The molecule has 0 atom stereocenters. The topological polar surface area (TPSA) is 104 Å². The zero-order valence-corrected chi connectivity index (χ0v) is 14.3. The lowest BCUT2D eigenvalue weighted by Gasteiger charge is -2.11. The van der Waals surface area contributed by atoms with Gasteiger partial charge in [0.15, 0.2) is 22.9 Å². The quantitative estimate of drug-likeness (QED) is 0.364. The van der Waals surface area contributed by atoms with Crippen LogP contribution in [0.2, 0.25) is 0 Å². The number of ether oxygens (including phenoxy) is 2. The van der Waals surface area contributed by atoms with Crippen molar-refractivity contribution in [1.29, 1.82) is 5.26 Å². The summed E-state index contributed by atoms with van der Waals surface area (Å²) in [5.74, 6) is 0.180. The van der Waals surface area contributed by atoms with E-state index in [2.05, 4.69) is 10.3 Å². The fraction of sp³-hybridized carbons (Fsp3) is 0.118. The molecule has 8 heteroatoms. The summed E-state index contributed by atoms with van der Waals surface area (Å²) in [4.78, 5) is 15.7. The number of benzene rings is 2. The van der Waals surface area contributed by atoms with Crippen molar-refractivity contribution in [3.8, 4) is 23.4 Å². The molecular weight excluding hydrogens is 342 g/mol. The fourth-order valence-corrected chi connectivity index (χ4v) is 2.30. The Labute approximate surface area is 148 Å². The Morgan fingerprint density at radius 3 is 2.60 bits per heavy atom. The Kier molecular flexibility index (Phi) is 6.26. The molecule has 0 aliphatic rings. The number of amidine groups is 1. The maximum Gasteiger partial charge on any atom is 0.338 e. The van der Waals surface area contributed by atoms with Gasteiger partial charge in [-0.3, -0.25) is 5.32 Å². The average molecular weight is 357 g/mol. The number of carboxylic acids is 1. The highest BCUT2D eigenvalue weighted by molar-refractivity contribution is 8.13. The Morgan fingerprint density at radius 2 is 2.00 bits per heavy atom. The van der Waals surface area contributed by atoms with Crippen LogP contribution in [0.15, 0.2) is 47.5 Å². The van der Waals surface area contributed by atoms with E-state index in [1.54, 1.807) is 42.8 Å². The van der Waals surface area contributed by atoms with Gasteiger partial charge in [-0.25, -0.2) is 9.79 Å². The molecule has 0 saturated heterocycles. The van der Waals surface area contributed by atoms with Crippen LogP contribution < -0.4 is 14.8 Å². The molecule has 7 nitrogen and oxygen atoms in total. The molecule has 2 rings (SSSR count). The number of hydrogen-bond acceptors (Lipinski definition) is 6. The number of aliphatic imine (C=N–C) groups is 1. The smallest absolute Gasteiger partial charge is 0.338 e. The Bertz CT molecular complexity index is 846. The predicted molar refractivity (Wildman–Crippen MR) is 95.8 cm³/mol. The third-order valence-electron chi connectivity index (χ3n) is 3.07. The number of methoxy groups -OCH3 is 1. The summed E-state index contributed by atoms with van der Waals surface area (Å²) in [7, 11) is 1.52. The van der Waals surface area contributed by atoms with Crippen LogP contribution in [-0.2, 0) is 0 Å². The maximum atomic E-state index is 11.5. The van der Waals surface area contributed by atoms with Gasteiger partial charge in [-0.2, -0.15) is 5.26 Å². The molecule has 0 heterocycles. The van der Waals surface area contributed by atoms with Crippen LogP contribution in [0, 0.1) is 11.5 Å². The Morgan fingerprint density at radius 1 is 1.28 bits per heavy atom. The number of hydrogen-bond donors (Lipinski definition) is 2. The van der Waals surface area contributed by atoms with Gasteiger partial charge < -0.3 is 14.6 Å². The molecule has 2 N–H and O–H groups in total. The van der Waals surface area contributed by atoms with E-state index in [1.807, 2.05) is 0 Å². The lowest BCUT2D eigenvalue weighted by Crippen LogP contribution is -2.12. The number of rotatable bonds is 5. The molecule has 0 unspecified atom stereocenters. The van der Waals surface area contributed by atoms with Crippen LogP contribution in [0.25, 0.3) is 0 Å². The van der Waals surface area contributed by atoms with Gasteiger partial charge in [-0.15, -0.1) is 0 Å². The summed E-state index contributed by atoms with van der Waals surface area (Å²) < 4.78 is 10.9. The van der Waals surface area contributed by atoms with Crippen molar-refractivity contribution in [3.05, 3.63) is 48.0 Å². The van der Waals surface area contributed by atoms with Crippen LogP contribution in [0.5, 0.6) is 17.2 Å². The number of carboxylic acid groups (broad SMARTS) is 1. The van der Waals surface area contributed by atoms with E-state index < -0.39 is 5.97 Å². The lowest BCUT2D eigenvalue weighted by molar-refractivity contribution is 0.0697. The molecule has 2 aromatic carbocycles. The second-order valence-electron chi connectivity index (χ2n) is 4.59. The average Bonchev–Trinajstić information content (AvgIpc) is 2.62. The number of nitriles is 1. The van der Waals surface area contributed by atoms with E-state index >= 15 is 0 Å². The molecule has 0 fully saturated rings. The van der Waals surface area contributed by atoms with Crippen molar-refractivity contribution in [2.45, 2.75) is 0 Å². The highest BCUT2D eigenvalue weighted by Crippen LogP contribution is 2.33. The minimum atomic E-state index is -1.15. The lowest BCUT2D eigenvalue weighted by atomic mass is 10.1. The number of nitrogens with zero attached hydrogens (tertiary/aromatic N) is 2. The van der Waals surface area contributed by atoms with Gasteiger partial charge in [0.1, 0.15) is 5.75 Å². The molecule has 0 aliphatic heterocycles. The number of nitrogens with one attached hydrogen (secondary N) is 1. The van der Waals surface area contributed by atoms with Crippen molar-refractivity contribution < 1.29 is 19.4 Å². The summed E-state index contributed by atoms with van der Waals surface area (Å²) in [6.45, 7) is 0. The fourth-order valence-electron chi connectivity index (χ4n) is 1.96. The zero-order chi connectivity index (χ0) is 18.2. The third kappa shape index (κ3) is 4.65. The largest absolute Gasteiger partial charge is 0.493 e. The normalized spacial score (nSPS) is 10.7. The van der Waals surface area contributed by atoms with Gasteiger partial charge in [-0.1, -0.05) is 23.9 Å². The summed E-state index contributed by atoms with van der Waals surface area (Å²) in [6.07, 6.45) is 3.48. The molecule has 25 heavy (non-hydrogen) atoms. The molecule has 0 amide bonds. The SMILES string of the molecule is COc1ccccc1Oc1ccc(N=C(NC#N)SC)c(C(=O)O)c1. The van der Waals surface area contributed by atoms with E-state index in [-0.39, 0.29) is 11.3 Å². The van der Waals surface area contributed by atoms with Crippen molar-refractivity contribution in [1.82, 2.24) is 5.32 Å². The maximum absolute atomic E-state index is 11.5. The first-order valence-corrected chi connectivity index (χ1v) is 8.27.